The van der Waals surface area contributed by atoms with Crippen LogP contribution in [0.2, 0.25) is 0 Å². The molecule has 0 saturated carbocycles. The van der Waals surface area contributed by atoms with E-state index in [-0.39, 0.29) is 36.6 Å². The summed E-state index contributed by atoms with van der Waals surface area (Å²) in [6, 6.07) is 15.4. The molecule has 0 aromatic heterocycles. The highest BCUT2D eigenvalue weighted by molar-refractivity contribution is 6.08. The van der Waals surface area contributed by atoms with Gasteiger partial charge in [-0.05, 0) is 66.9 Å². The number of carboxylic acid groups (broad SMARTS) is 1. The number of aryl methyl sites for hydroxylation is 1. The number of carbonyl (C=O) groups is 2. The molecule has 1 amide bonds. The van der Waals surface area contributed by atoms with E-state index in [1.54, 1.807) is 48.5 Å². The molecule has 10 heteroatoms. The minimum atomic E-state index is -1.14. The van der Waals surface area contributed by atoms with Gasteiger partial charge in [-0.25, -0.2) is 4.79 Å². The SMILES string of the molecule is Cc1ccc(NCc2cc(CO)cc(OCC(C)C)c2OCC(=O)O)c(C(=O)Nc2ccc(C(=N)N)cc2)c1. The summed E-state index contributed by atoms with van der Waals surface area (Å²) < 4.78 is 11.5. The number of amides is 1. The predicted octanol–water partition coefficient (Wildman–Crippen LogP) is 4.13. The zero-order valence-electron chi connectivity index (χ0n) is 22.2. The Labute approximate surface area is 227 Å². The van der Waals surface area contributed by atoms with Crippen LogP contribution in [0.5, 0.6) is 11.5 Å². The van der Waals surface area contributed by atoms with Crippen molar-refractivity contribution in [2.75, 3.05) is 23.8 Å². The van der Waals surface area contributed by atoms with E-state index >= 15 is 0 Å². The number of aliphatic hydroxyl groups excluding tert-OH is 1. The minimum Gasteiger partial charge on any atom is -0.489 e. The molecule has 0 spiro atoms. The molecule has 39 heavy (non-hydrogen) atoms. The summed E-state index contributed by atoms with van der Waals surface area (Å²) in [6.45, 7) is 5.58. The van der Waals surface area contributed by atoms with Gasteiger partial charge >= 0.3 is 5.97 Å². The van der Waals surface area contributed by atoms with E-state index in [1.165, 1.54) is 0 Å². The zero-order valence-corrected chi connectivity index (χ0v) is 22.2. The van der Waals surface area contributed by atoms with Crippen LogP contribution in [0.3, 0.4) is 0 Å². The van der Waals surface area contributed by atoms with Gasteiger partial charge in [0.05, 0.1) is 18.8 Å². The van der Waals surface area contributed by atoms with Crippen LogP contribution in [-0.2, 0) is 17.9 Å². The molecule has 0 saturated heterocycles. The van der Waals surface area contributed by atoms with E-state index in [0.29, 0.717) is 46.0 Å². The van der Waals surface area contributed by atoms with E-state index < -0.39 is 12.6 Å². The van der Waals surface area contributed by atoms with Crippen molar-refractivity contribution in [1.29, 1.82) is 5.41 Å². The van der Waals surface area contributed by atoms with Crippen LogP contribution in [0, 0.1) is 18.3 Å². The Morgan fingerprint density at radius 3 is 2.38 bits per heavy atom. The standard InChI is InChI=1S/C29H34N4O6/c1-17(2)15-38-25-12-19(14-34)11-21(27(25)39-16-26(35)36)13-32-24-9-4-18(3)10-23(24)29(37)33-22-7-5-20(6-8-22)28(30)31/h4-12,17,32,34H,13-16H2,1-3H3,(H3,30,31)(H,33,37)(H,35,36). The van der Waals surface area contributed by atoms with E-state index in [4.69, 9.17) is 20.6 Å². The van der Waals surface area contributed by atoms with Gasteiger partial charge in [0.2, 0.25) is 0 Å². The van der Waals surface area contributed by atoms with E-state index in [9.17, 15) is 19.8 Å². The first kappa shape index (κ1) is 29.0. The first-order valence-corrected chi connectivity index (χ1v) is 12.4. The van der Waals surface area contributed by atoms with Crippen molar-refractivity contribution in [3.8, 4) is 11.5 Å². The van der Waals surface area contributed by atoms with Gasteiger partial charge in [0.25, 0.3) is 5.91 Å². The fourth-order valence-electron chi connectivity index (χ4n) is 3.73. The molecule has 0 fully saturated rings. The summed E-state index contributed by atoms with van der Waals surface area (Å²) in [4.78, 5) is 24.4. The first-order chi connectivity index (χ1) is 18.6. The molecule has 206 valence electrons. The third-order valence-corrected chi connectivity index (χ3v) is 5.63. The van der Waals surface area contributed by atoms with Crippen molar-refractivity contribution in [1.82, 2.24) is 0 Å². The van der Waals surface area contributed by atoms with Gasteiger partial charge in [0.1, 0.15) is 5.84 Å². The predicted molar refractivity (Wildman–Crippen MR) is 150 cm³/mol. The number of carbonyl (C=O) groups excluding carboxylic acids is 1. The molecule has 0 aliphatic heterocycles. The van der Waals surface area contributed by atoms with E-state index in [0.717, 1.165) is 5.56 Å². The summed E-state index contributed by atoms with van der Waals surface area (Å²) >= 11 is 0. The number of aliphatic carboxylic acids is 1. The molecule has 0 unspecified atom stereocenters. The molecule has 0 heterocycles. The lowest BCUT2D eigenvalue weighted by molar-refractivity contribution is -0.139. The Hall–Kier alpha value is -4.57. The molecule has 3 aromatic rings. The second-order valence-electron chi connectivity index (χ2n) is 9.48. The smallest absolute Gasteiger partial charge is 0.341 e. The van der Waals surface area contributed by atoms with Crippen molar-refractivity contribution >= 4 is 29.1 Å². The second-order valence-corrected chi connectivity index (χ2v) is 9.48. The van der Waals surface area contributed by atoms with Crippen molar-refractivity contribution in [3.63, 3.8) is 0 Å². The van der Waals surface area contributed by atoms with Gasteiger partial charge in [0.15, 0.2) is 18.1 Å². The lowest BCUT2D eigenvalue weighted by atomic mass is 10.1. The number of nitrogen functional groups attached to an aromatic ring is 1. The Morgan fingerprint density at radius 1 is 1.05 bits per heavy atom. The van der Waals surface area contributed by atoms with Gasteiger partial charge in [-0.2, -0.15) is 0 Å². The highest BCUT2D eigenvalue weighted by Crippen LogP contribution is 2.35. The number of hydrogen-bond acceptors (Lipinski definition) is 7. The van der Waals surface area contributed by atoms with Crippen LogP contribution in [0.1, 0.15) is 46.5 Å². The minimum absolute atomic E-state index is 0.0622. The molecular formula is C29H34N4O6. The van der Waals surface area contributed by atoms with Gasteiger partial charge < -0.3 is 36.1 Å². The number of ether oxygens (including phenoxy) is 2. The van der Waals surface area contributed by atoms with Crippen LogP contribution in [0.25, 0.3) is 0 Å². The van der Waals surface area contributed by atoms with Gasteiger partial charge in [0, 0.05) is 29.0 Å². The second kappa shape index (κ2) is 13.3. The highest BCUT2D eigenvalue weighted by atomic mass is 16.5. The number of hydrogen-bond donors (Lipinski definition) is 6. The van der Waals surface area contributed by atoms with Crippen LogP contribution < -0.4 is 25.8 Å². The largest absolute Gasteiger partial charge is 0.489 e. The Kier molecular flexibility index (Phi) is 9.88. The molecule has 7 N–H and O–H groups in total. The van der Waals surface area contributed by atoms with Crippen molar-refractivity contribution in [2.24, 2.45) is 11.7 Å². The van der Waals surface area contributed by atoms with Crippen molar-refractivity contribution in [3.05, 3.63) is 82.4 Å². The number of rotatable bonds is 13. The summed E-state index contributed by atoms with van der Waals surface area (Å²) in [5.41, 5.74) is 9.56. The zero-order chi connectivity index (χ0) is 28.5. The molecule has 0 radical (unpaired) electrons. The summed E-state index contributed by atoms with van der Waals surface area (Å²) in [5.74, 6) is -0.736. The monoisotopic (exact) mass is 534 g/mol. The quantitative estimate of drug-likeness (QED) is 0.141. The Balaban J connectivity index is 1.89. The van der Waals surface area contributed by atoms with Gasteiger partial charge in [-0.1, -0.05) is 25.5 Å². The van der Waals surface area contributed by atoms with E-state index in [2.05, 4.69) is 10.6 Å². The molecule has 0 atom stereocenters. The van der Waals surface area contributed by atoms with Crippen molar-refractivity contribution in [2.45, 2.75) is 33.9 Å². The topological polar surface area (TPSA) is 167 Å². The van der Waals surface area contributed by atoms with Crippen molar-refractivity contribution < 1.29 is 29.3 Å². The average molecular weight is 535 g/mol. The maximum absolute atomic E-state index is 13.2. The molecular weight excluding hydrogens is 500 g/mol. The van der Waals surface area contributed by atoms with Crippen LogP contribution >= 0.6 is 0 Å². The van der Waals surface area contributed by atoms with Gasteiger partial charge in [-0.15, -0.1) is 0 Å². The molecule has 3 rings (SSSR count). The number of benzene rings is 3. The lowest BCUT2D eigenvalue weighted by Crippen LogP contribution is -2.17. The highest BCUT2D eigenvalue weighted by Gasteiger charge is 2.18. The Morgan fingerprint density at radius 2 is 1.77 bits per heavy atom. The number of aliphatic hydroxyl groups is 1. The fourth-order valence-corrected chi connectivity index (χ4v) is 3.73. The van der Waals surface area contributed by atoms with Crippen LogP contribution in [-0.4, -0.2) is 41.1 Å². The number of nitrogens with one attached hydrogen (secondary N) is 3. The molecule has 0 aliphatic carbocycles. The molecule has 3 aromatic carbocycles. The van der Waals surface area contributed by atoms with Crippen LogP contribution in [0.4, 0.5) is 11.4 Å². The summed E-state index contributed by atoms with van der Waals surface area (Å²) in [7, 11) is 0. The summed E-state index contributed by atoms with van der Waals surface area (Å²) in [6.07, 6.45) is 0. The number of amidine groups is 1. The normalized spacial score (nSPS) is 10.7. The molecule has 0 bridgehead atoms. The van der Waals surface area contributed by atoms with E-state index in [1.807, 2.05) is 26.8 Å². The fraction of sp³-hybridized carbons (Fsp3) is 0.276. The Bertz CT molecular complexity index is 1340. The first-order valence-electron chi connectivity index (χ1n) is 12.4. The number of nitrogens with two attached hydrogens (primary N) is 1. The number of anilines is 2. The van der Waals surface area contributed by atoms with Crippen LogP contribution in [0.15, 0.2) is 54.6 Å². The third-order valence-electron chi connectivity index (χ3n) is 5.63. The molecule has 0 aliphatic rings. The maximum Gasteiger partial charge on any atom is 0.341 e. The summed E-state index contributed by atoms with van der Waals surface area (Å²) in [5, 5.41) is 32.6. The third kappa shape index (κ3) is 8.21. The lowest BCUT2D eigenvalue weighted by Gasteiger charge is -2.19. The maximum atomic E-state index is 13.2. The molecule has 10 nitrogen and oxygen atoms in total. The van der Waals surface area contributed by atoms with Gasteiger partial charge in [-0.3, -0.25) is 10.2 Å². The average Bonchev–Trinajstić information content (AvgIpc) is 2.90. The number of carboxylic acids is 1.